The maximum atomic E-state index is 13.1. The first kappa shape index (κ1) is 15.7. The van der Waals surface area contributed by atoms with Gasteiger partial charge in [0.05, 0.1) is 6.07 Å². The Balaban J connectivity index is 1.81. The van der Waals surface area contributed by atoms with Crippen molar-refractivity contribution in [1.82, 2.24) is 4.57 Å². The maximum Gasteiger partial charge on any atom is 0.168 e. The number of nitrogens with zero attached hydrogens (tertiary/aromatic N) is 2. The van der Waals surface area contributed by atoms with Crippen LogP contribution in [-0.4, -0.2) is 10.4 Å². The van der Waals surface area contributed by atoms with E-state index in [0.29, 0.717) is 12.8 Å². The number of carbonyl (C=O) groups excluding carboxylic acids is 1. The Morgan fingerprint density at radius 3 is 2.64 bits per heavy atom. The van der Waals surface area contributed by atoms with Crippen LogP contribution in [0.2, 0.25) is 0 Å². The summed E-state index contributed by atoms with van der Waals surface area (Å²) in [4.78, 5) is 13.1. The lowest BCUT2D eigenvalue weighted by Gasteiger charge is -2.22. The van der Waals surface area contributed by atoms with Gasteiger partial charge in [-0.1, -0.05) is 48.5 Å². The van der Waals surface area contributed by atoms with Crippen LogP contribution in [0, 0.1) is 17.2 Å². The van der Waals surface area contributed by atoms with Crippen molar-refractivity contribution in [3.8, 4) is 6.07 Å². The van der Waals surface area contributed by atoms with Crippen LogP contribution in [0.15, 0.2) is 54.6 Å². The van der Waals surface area contributed by atoms with E-state index in [0.717, 1.165) is 41.5 Å². The first-order valence-corrected chi connectivity index (χ1v) is 8.85. The van der Waals surface area contributed by atoms with Crippen molar-refractivity contribution < 1.29 is 4.79 Å². The highest BCUT2D eigenvalue weighted by molar-refractivity contribution is 6.11. The van der Waals surface area contributed by atoms with E-state index < -0.39 is 0 Å². The fourth-order valence-corrected chi connectivity index (χ4v) is 4.00. The summed E-state index contributed by atoms with van der Waals surface area (Å²) in [6.07, 6.45) is 2.87. The minimum atomic E-state index is -0.0110. The number of ketones is 1. The largest absolute Gasteiger partial charge is 0.339 e. The van der Waals surface area contributed by atoms with Crippen molar-refractivity contribution in [2.24, 2.45) is 5.92 Å². The highest BCUT2D eigenvalue weighted by Crippen LogP contribution is 2.36. The van der Waals surface area contributed by atoms with Gasteiger partial charge in [0.15, 0.2) is 5.78 Å². The number of rotatable bonds is 4. The van der Waals surface area contributed by atoms with Crippen LogP contribution in [0.25, 0.3) is 10.9 Å². The molecule has 1 atom stereocenters. The molecule has 3 heteroatoms. The SMILES string of the molecule is N#CCCC1CCc2c(c3ccccc3n2Cc2ccccc2)C1=O. The van der Waals surface area contributed by atoms with E-state index in [9.17, 15) is 4.79 Å². The molecule has 0 spiro atoms. The summed E-state index contributed by atoms with van der Waals surface area (Å²) in [6.45, 7) is 0.785. The predicted molar refractivity (Wildman–Crippen MR) is 98.5 cm³/mol. The molecule has 0 amide bonds. The van der Waals surface area contributed by atoms with Crippen molar-refractivity contribution in [1.29, 1.82) is 5.26 Å². The first-order chi connectivity index (χ1) is 12.3. The van der Waals surface area contributed by atoms with Gasteiger partial charge in [0.1, 0.15) is 0 Å². The van der Waals surface area contributed by atoms with Crippen LogP contribution in [0.4, 0.5) is 0 Å². The van der Waals surface area contributed by atoms with Crippen molar-refractivity contribution in [3.63, 3.8) is 0 Å². The number of aromatic nitrogens is 1. The molecule has 25 heavy (non-hydrogen) atoms. The molecule has 0 saturated heterocycles. The molecule has 0 N–H and O–H groups in total. The van der Waals surface area contributed by atoms with Crippen LogP contribution < -0.4 is 0 Å². The second kappa shape index (κ2) is 6.57. The van der Waals surface area contributed by atoms with Gasteiger partial charge < -0.3 is 4.57 Å². The van der Waals surface area contributed by atoms with Crippen LogP contribution in [0.3, 0.4) is 0 Å². The number of hydrogen-bond acceptors (Lipinski definition) is 2. The monoisotopic (exact) mass is 328 g/mol. The van der Waals surface area contributed by atoms with Crippen molar-refractivity contribution in [2.75, 3.05) is 0 Å². The minimum absolute atomic E-state index is 0.0110. The number of Topliss-reactive ketones (excluding diaryl/α,β-unsaturated/α-hetero) is 1. The smallest absolute Gasteiger partial charge is 0.168 e. The summed E-state index contributed by atoms with van der Waals surface area (Å²) in [5.41, 5.74) is 4.42. The molecule has 0 radical (unpaired) electrons. The molecule has 124 valence electrons. The van der Waals surface area contributed by atoms with Gasteiger partial charge in [0.2, 0.25) is 0 Å². The molecule has 1 aliphatic carbocycles. The summed E-state index contributed by atoms with van der Waals surface area (Å²) in [7, 11) is 0. The zero-order valence-corrected chi connectivity index (χ0v) is 14.1. The third-order valence-corrected chi connectivity index (χ3v) is 5.21. The van der Waals surface area contributed by atoms with Gasteiger partial charge in [0, 0.05) is 41.0 Å². The van der Waals surface area contributed by atoms with Crippen LogP contribution in [0.5, 0.6) is 0 Å². The average molecular weight is 328 g/mol. The third kappa shape index (κ3) is 2.74. The summed E-state index contributed by atoms with van der Waals surface area (Å²) in [5.74, 6) is 0.211. The van der Waals surface area contributed by atoms with Gasteiger partial charge in [0.25, 0.3) is 0 Å². The Kier molecular flexibility index (Phi) is 4.11. The topological polar surface area (TPSA) is 45.8 Å². The van der Waals surface area contributed by atoms with Gasteiger partial charge >= 0.3 is 0 Å². The molecule has 1 aliphatic rings. The fraction of sp³-hybridized carbons (Fsp3) is 0.273. The summed E-state index contributed by atoms with van der Waals surface area (Å²) in [5, 5.41) is 9.91. The quantitative estimate of drug-likeness (QED) is 0.694. The summed E-state index contributed by atoms with van der Waals surface area (Å²) < 4.78 is 2.30. The average Bonchev–Trinajstić information content (AvgIpc) is 2.97. The standard InChI is InChI=1S/C22H20N2O/c23-14-6-9-17-12-13-20-21(22(17)25)18-10-4-5-11-19(18)24(20)15-16-7-2-1-3-8-16/h1-5,7-8,10-11,17H,6,9,12-13,15H2. The van der Waals surface area contributed by atoms with Gasteiger partial charge in [-0.05, 0) is 30.9 Å². The zero-order valence-electron chi connectivity index (χ0n) is 14.1. The number of fused-ring (bicyclic) bond motifs is 3. The van der Waals surface area contributed by atoms with E-state index in [2.05, 4.69) is 47.0 Å². The normalized spacial score (nSPS) is 16.6. The lowest BCUT2D eigenvalue weighted by molar-refractivity contribution is 0.0896. The molecule has 2 aromatic carbocycles. The lowest BCUT2D eigenvalue weighted by Crippen LogP contribution is -2.23. The molecule has 0 aliphatic heterocycles. The Morgan fingerprint density at radius 1 is 1.08 bits per heavy atom. The maximum absolute atomic E-state index is 13.1. The number of nitriles is 1. The fourth-order valence-electron chi connectivity index (χ4n) is 4.00. The Hall–Kier alpha value is -2.86. The van der Waals surface area contributed by atoms with Crippen LogP contribution in [-0.2, 0) is 13.0 Å². The van der Waals surface area contributed by atoms with Crippen molar-refractivity contribution in [2.45, 2.75) is 32.2 Å². The number of para-hydroxylation sites is 1. The van der Waals surface area contributed by atoms with Crippen molar-refractivity contribution in [3.05, 3.63) is 71.4 Å². The van der Waals surface area contributed by atoms with Gasteiger partial charge in [-0.15, -0.1) is 0 Å². The second-order valence-corrected chi connectivity index (χ2v) is 6.71. The molecule has 0 saturated carbocycles. The molecular weight excluding hydrogens is 308 g/mol. The van der Waals surface area contributed by atoms with E-state index in [4.69, 9.17) is 5.26 Å². The van der Waals surface area contributed by atoms with E-state index >= 15 is 0 Å². The molecule has 1 aromatic heterocycles. The Labute approximate surface area is 147 Å². The Morgan fingerprint density at radius 2 is 1.84 bits per heavy atom. The van der Waals surface area contributed by atoms with Gasteiger partial charge in [-0.2, -0.15) is 5.26 Å². The van der Waals surface area contributed by atoms with Gasteiger partial charge in [-0.3, -0.25) is 4.79 Å². The molecule has 0 fully saturated rings. The Bertz CT molecular complexity index is 963. The number of benzene rings is 2. The van der Waals surface area contributed by atoms with Crippen molar-refractivity contribution >= 4 is 16.7 Å². The molecule has 3 aromatic rings. The molecular formula is C22H20N2O. The minimum Gasteiger partial charge on any atom is -0.339 e. The first-order valence-electron chi connectivity index (χ1n) is 8.85. The van der Waals surface area contributed by atoms with Crippen LogP contribution >= 0.6 is 0 Å². The summed E-state index contributed by atoms with van der Waals surface area (Å²) in [6, 6.07) is 20.8. The molecule has 3 nitrogen and oxygen atoms in total. The molecule has 1 heterocycles. The zero-order chi connectivity index (χ0) is 17.2. The lowest BCUT2D eigenvalue weighted by atomic mass is 9.82. The van der Waals surface area contributed by atoms with E-state index in [1.165, 1.54) is 5.56 Å². The van der Waals surface area contributed by atoms with E-state index in [-0.39, 0.29) is 11.7 Å². The number of hydrogen-bond donors (Lipinski definition) is 0. The van der Waals surface area contributed by atoms with Crippen LogP contribution in [0.1, 0.15) is 40.9 Å². The highest BCUT2D eigenvalue weighted by atomic mass is 16.1. The van der Waals surface area contributed by atoms with E-state index in [1.807, 2.05) is 18.2 Å². The number of carbonyl (C=O) groups is 1. The van der Waals surface area contributed by atoms with E-state index in [1.54, 1.807) is 0 Å². The predicted octanol–water partition coefficient (Wildman–Crippen LogP) is 4.74. The van der Waals surface area contributed by atoms with Gasteiger partial charge in [-0.25, -0.2) is 0 Å². The summed E-state index contributed by atoms with van der Waals surface area (Å²) >= 11 is 0. The third-order valence-electron chi connectivity index (χ3n) is 5.21. The molecule has 0 bridgehead atoms. The molecule has 4 rings (SSSR count). The second-order valence-electron chi connectivity index (χ2n) is 6.71. The molecule has 1 unspecified atom stereocenters. The highest BCUT2D eigenvalue weighted by Gasteiger charge is 2.32.